The smallest absolute Gasteiger partial charge is 0.216 e. The molecule has 118 valence electrons. The molecule has 2 unspecified atom stereocenters. The number of rotatable bonds is 3. The van der Waals surface area contributed by atoms with Crippen LogP contribution in [0.4, 0.5) is 0 Å². The summed E-state index contributed by atoms with van der Waals surface area (Å²) in [5.41, 5.74) is 4.06. The van der Waals surface area contributed by atoms with Crippen LogP contribution in [-0.2, 0) is 16.3 Å². The third kappa shape index (κ3) is 1.43. The first-order valence-corrected chi connectivity index (χ1v) is 9.26. The Kier molecular flexibility index (Phi) is 2.57. The van der Waals surface area contributed by atoms with Gasteiger partial charge in [0.25, 0.3) is 0 Å². The number of hydrogen-bond acceptors (Lipinski definition) is 4. The summed E-state index contributed by atoms with van der Waals surface area (Å²) in [5, 5.41) is 0. The fourth-order valence-electron chi connectivity index (χ4n) is 4.97. The van der Waals surface area contributed by atoms with Crippen LogP contribution in [0.15, 0.2) is 35.6 Å². The molecule has 2 heterocycles. The monoisotopic (exact) mass is 325 g/mol. The predicted octanol–water partition coefficient (Wildman–Crippen LogP) is 1.19. The minimum Gasteiger partial charge on any atom is -0.520 e. The van der Waals surface area contributed by atoms with Gasteiger partial charge in [0.05, 0.1) is 12.5 Å². The summed E-state index contributed by atoms with van der Waals surface area (Å²) in [6.07, 6.45) is 9.21. The van der Waals surface area contributed by atoms with Crippen molar-refractivity contribution < 1.29 is 13.9 Å². The molecule has 4 aliphatic rings. The lowest BCUT2D eigenvalue weighted by molar-refractivity contribution is 0.149. The topological polar surface area (TPSA) is 30.9 Å². The van der Waals surface area contributed by atoms with E-state index in [4.69, 9.17) is 13.9 Å². The third-order valence-corrected chi connectivity index (χ3v) is 6.22. The second kappa shape index (κ2) is 4.36. The number of nitrogens with zero attached hydrogens (tertiary/aromatic N) is 1. The SMILES string of the molecule is C=[SiH]OC1=CC=C2C3Cc4ccc(OC)c5c4[C@@]2(CN3C)C1O5. The van der Waals surface area contributed by atoms with E-state index in [2.05, 4.69) is 36.3 Å². The molecular weight excluding hydrogens is 306 g/mol. The lowest BCUT2D eigenvalue weighted by Gasteiger charge is -2.38. The quantitative estimate of drug-likeness (QED) is 0.781. The zero-order chi connectivity index (χ0) is 15.8. The summed E-state index contributed by atoms with van der Waals surface area (Å²) >= 11 is 0. The maximum absolute atomic E-state index is 6.46. The largest absolute Gasteiger partial charge is 0.520 e. The van der Waals surface area contributed by atoms with Gasteiger partial charge in [-0.1, -0.05) is 18.3 Å². The molecule has 2 aliphatic carbocycles. The molecule has 1 spiro atoms. The van der Waals surface area contributed by atoms with Gasteiger partial charge < -0.3 is 13.9 Å². The summed E-state index contributed by atoms with van der Waals surface area (Å²) in [5.74, 6) is 2.64. The summed E-state index contributed by atoms with van der Waals surface area (Å²) in [7, 11) is 3.61. The molecule has 0 saturated carbocycles. The Morgan fingerprint density at radius 2 is 2.26 bits per heavy atom. The normalized spacial score (nSPS) is 32.6. The van der Waals surface area contributed by atoms with Crippen LogP contribution in [0.1, 0.15) is 11.1 Å². The number of methoxy groups -OCH3 is 1. The second-order valence-corrected chi connectivity index (χ2v) is 7.28. The summed E-state index contributed by atoms with van der Waals surface area (Å²) in [6.45, 7) is 0.967. The van der Waals surface area contributed by atoms with Gasteiger partial charge in [0, 0.05) is 18.2 Å². The summed E-state index contributed by atoms with van der Waals surface area (Å²) in [4.78, 5) is 2.46. The Morgan fingerprint density at radius 3 is 3.04 bits per heavy atom. The first-order chi connectivity index (χ1) is 11.2. The van der Waals surface area contributed by atoms with E-state index < -0.39 is 0 Å². The van der Waals surface area contributed by atoms with Crippen LogP contribution in [0.5, 0.6) is 11.5 Å². The van der Waals surface area contributed by atoms with Crippen molar-refractivity contribution in [1.29, 1.82) is 0 Å². The van der Waals surface area contributed by atoms with Crippen molar-refractivity contribution in [2.24, 2.45) is 0 Å². The highest BCUT2D eigenvalue weighted by atomic mass is 28.2. The van der Waals surface area contributed by atoms with Gasteiger partial charge >= 0.3 is 0 Å². The number of ether oxygens (including phenoxy) is 2. The molecule has 3 atom stereocenters. The lowest BCUT2D eigenvalue weighted by atomic mass is 9.64. The number of hydrogen-bond donors (Lipinski definition) is 0. The van der Waals surface area contributed by atoms with E-state index in [1.54, 1.807) is 7.11 Å². The molecule has 0 N–H and O–H groups in total. The van der Waals surface area contributed by atoms with Gasteiger partial charge in [-0.15, -0.1) is 0 Å². The van der Waals surface area contributed by atoms with Crippen LogP contribution in [0.2, 0.25) is 0 Å². The standard InChI is InChI=1S/C18H19NO3Si/c1-19-9-18-11-5-7-14(22-23-3)17(18)21-16-13(20-2)6-4-10(15(16)18)8-12(11)19/h4-7,12,17,23H,3,8-9H2,1-2H3/t12?,17?,18-/m0/s1. The molecule has 1 aromatic carbocycles. The third-order valence-electron chi connectivity index (χ3n) is 5.78. The van der Waals surface area contributed by atoms with Crippen LogP contribution in [0.25, 0.3) is 0 Å². The van der Waals surface area contributed by atoms with Gasteiger partial charge in [0.1, 0.15) is 5.76 Å². The molecule has 1 saturated heterocycles. The van der Waals surface area contributed by atoms with Crippen LogP contribution in [0.3, 0.4) is 0 Å². The molecule has 23 heavy (non-hydrogen) atoms. The maximum atomic E-state index is 6.46. The van der Waals surface area contributed by atoms with Crippen LogP contribution in [0, 0.1) is 0 Å². The van der Waals surface area contributed by atoms with E-state index in [1.807, 2.05) is 6.07 Å². The zero-order valence-electron chi connectivity index (χ0n) is 13.3. The molecule has 4 nitrogen and oxygen atoms in total. The molecular formula is C18H19NO3Si. The first-order valence-electron chi connectivity index (χ1n) is 7.97. The van der Waals surface area contributed by atoms with E-state index in [0.29, 0.717) is 6.04 Å². The minimum absolute atomic E-state index is 0.0884. The average Bonchev–Trinajstić information content (AvgIpc) is 2.99. The number of allylic oxidation sites excluding steroid dienone is 2. The van der Waals surface area contributed by atoms with Gasteiger partial charge in [-0.25, -0.2) is 0 Å². The first kappa shape index (κ1) is 13.6. The number of likely N-dealkylation sites (tertiary alicyclic amines) is 1. The fourth-order valence-corrected chi connectivity index (χ4v) is 5.36. The van der Waals surface area contributed by atoms with Gasteiger partial charge in [-0.3, -0.25) is 4.90 Å². The number of likely N-dealkylation sites (N-methyl/N-ethyl adjacent to an activating group) is 1. The fraction of sp³-hybridized carbons (Fsp3) is 0.389. The molecule has 2 bridgehead atoms. The molecule has 1 aromatic rings. The Morgan fingerprint density at radius 1 is 1.39 bits per heavy atom. The molecule has 5 heteroatoms. The van der Waals surface area contributed by atoms with E-state index >= 15 is 0 Å². The Labute approximate surface area is 137 Å². The van der Waals surface area contributed by atoms with Crippen molar-refractivity contribution in [3.8, 4) is 11.5 Å². The molecule has 0 aromatic heterocycles. The van der Waals surface area contributed by atoms with Gasteiger partial charge in [0.2, 0.25) is 9.38 Å². The van der Waals surface area contributed by atoms with E-state index in [-0.39, 0.29) is 20.9 Å². The van der Waals surface area contributed by atoms with Crippen LogP contribution in [-0.4, -0.2) is 53.3 Å². The number of benzene rings is 1. The van der Waals surface area contributed by atoms with Crippen LogP contribution >= 0.6 is 0 Å². The van der Waals surface area contributed by atoms with Gasteiger partial charge in [-0.2, -0.15) is 0 Å². The Bertz CT molecular complexity index is 800. The summed E-state index contributed by atoms with van der Waals surface area (Å²) < 4.78 is 17.9. The van der Waals surface area contributed by atoms with Crippen molar-refractivity contribution in [2.45, 2.75) is 24.0 Å². The molecule has 0 amide bonds. The average molecular weight is 325 g/mol. The predicted molar refractivity (Wildman–Crippen MR) is 90.7 cm³/mol. The molecule has 0 radical (unpaired) electrons. The van der Waals surface area contributed by atoms with E-state index in [0.717, 1.165) is 30.2 Å². The zero-order valence-corrected chi connectivity index (χ0v) is 14.5. The Hall–Kier alpha value is -1.85. The molecule has 2 aliphatic heterocycles. The van der Waals surface area contributed by atoms with E-state index in [1.165, 1.54) is 16.7 Å². The molecule has 1 fully saturated rings. The van der Waals surface area contributed by atoms with Crippen molar-refractivity contribution in [2.75, 3.05) is 20.7 Å². The lowest BCUT2D eigenvalue weighted by Crippen LogP contribution is -2.46. The maximum Gasteiger partial charge on any atom is 0.216 e. The van der Waals surface area contributed by atoms with Crippen molar-refractivity contribution >= 4 is 15.6 Å². The Balaban J connectivity index is 1.81. The highest BCUT2D eigenvalue weighted by Crippen LogP contribution is 2.62. The van der Waals surface area contributed by atoms with E-state index in [9.17, 15) is 0 Å². The van der Waals surface area contributed by atoms with Gasteiger partial charge in [-0.05, 0) is 36.7 Å². The molecule has 5 rings (SSSR count). The van der Waals surface area contributed by atoms with Crippen molar-refractivity contribution in [3.05, 3.63) is 46.7 Å². The van der Waals surface area contributed by atoms with Crippen molar-refractivity contribution in [1.82, 2.24) is 4.90 Å². The van der Waals surface area contributed by atoms with Crippen LogP contribution < -0.4 is 9.47 Å². The second-order valence-electron chi connectivity index (χ2n) is 6.71. The van der Waals surface area contributed by atoms with Gasteiger partial charge in [0.15, 0.2) is 17.6 Å². The minimum atomic E-state index is -0.306. The van der Waals surface area contributed by atoms with Crippen molar-refractivity contribution in [3.63, 3.8) is 0 Å². The summed E-state index contributed by atoms with van der Waals surface area (Å²) in [6, 6.07) is 4.70. The highest BCUT2D eigenvalue weighted by Gasteiger charge is 2.64. The highest BCUT2D eigenvalue weighted by molar-refractivity contribution is 6.34.